The summed E-state index contributed by atoms with van der Waals surface area (Å²) in [6, 6.07) is 11.9. The van der Waals surface area contributed by atoms with E-state index in [0.29, 0.717) is 22.9 Å². The Morgan fingerprint density at radius 3 is 2.60 bits per heavy atom. The zero-order valence-electron chi connectivity index (χ0n) is 17.0. The van der Waals surface area contributed by atoms with Crippen LogP contribution >= 0.6 is 11.6 Å². The largest absolute Gasteiger partial charge is 0.494 e. The minimum absolute atomic E-state index is 0.0994. The highest BCUT2D eigenvalue weighted by Gasteiger charge is 2.19. The third kappa shape index (κ3) is 7.24. The molecule has 2 aromatic rings. The van der Waals surface area contributed by atoms with Gasteiger partial charge in [-0.2, -0.15) is 0 Å². The maximum absolute atomic E-state index is 11.6. The molecule has 7 nitrogen and oxygen atoms in total. The van der Waals surface area contributed by atoms with Crippen LogP contribution in [0.1, 0.15) is 47.4 Å². The van der Waals surface area contributed by atoms with Crippen molar-refractivity contribution in [3.63, 3.8) is 0 Å². The van der Waals surface area contributed by atoms with Crippen LogP contribution < -0.4 is 10.1 Å². The number of hydrogen-bond donors (Lipinski definition) is 2. The number of rotatable bonds is 11. The van der Waals surface area contributed by atoms with E-state index in [1.165, 1.54) is 13.2 Å². The molecule has 0 aliphatic heterocycles. The van der Waals surface area contributed by atoms with Crippen molar-refractivity contribution < 1.29 is 28.9 Å². The van der Waals surface area contributed by atoms with E-state index in [1.54, 1.807) is 30.3 Å². The average Bonchev–Trinajstić information content (AvgIpc) is 2.73. The maximum atomic E-state index is 11.6. The summed E-state index contributed by atoms with van der Waals surface area (Å²) >= 11 is 6.15. The minimum atomic E-state index is -1.06. The Balaban J connectivity index is 2.33. The molecule has 162 valence electrons. The SMILES string of the molecule is CCCCOc1cc(C(=O)O)cc(C(OCCNC(=O)OC)c2cccc(Cl)c2)c1. The lowest BCUT2D eigenvalue weighted by Crippen LogP contribution is -2.27. The van der Waals surface area contributed by atoms with E-state index in [2.05, 4.69) is 10.1 Å². The molecule has 2 N–H and O–H groups in total. The van der Waals surface area contributed by atoms with Crippen LogP contribution in [0.15, 0.2) is 42.5 Å². The van der Waals surface area contributed by atoms with Crippen molar-refractivity contribution in [2.24, 2.45) is 0 Å². The van der Waals surface area contributed by atoms with Gasteiger partial charge in [-0.15, -0.1) is 0 Å². The summed E-state index contributed by atoms with van der Waals surface area (Å²) in [6.45, 7) is 2.94. The van der Waals surface area contributed by atoms with Gasteiger partial charge in [0.15, 0.2) is 0 Å². The number of benzene rings is 2. The van der Waals surface area contributed by atoms with Crippen molar-refractivity contribution in [3.8, 4) is 5.75 Å². The van der Waals surface area contributed by atoms with Gasteiger partial charge in [-0.1, -0.05) is 37.1 Å². The zero-order chi connectivity index (χ0) is 21.9. The molecular formula is C22H26ClNO6. The molecule has 0 aliphatic carbocycles. The lowest BCUT2D eigenvalue weighted by atomic mass is 9.99. The van der Waals surface area contributed by atoms with E-state index in [1.807, 2.05) is 13.0 Å². The van der Waals surface area contributed by atoms with Crippen molar-refractivity contribution in [1.29, 1.82) is 0 Å². The van der Waals surface area contributed by atoms with Crippen LogP contribution in [0.5, 0.6) is 5.75 Å². The van der Waals surface area contributed by atoms with Gasteiger partial charge in [0.25, 0.3) is 0 Å². The second kappa shape index (κ2) is 12.0. The molecule has 0 aromatic heterocycles. The van der Waals surface area contributed by atoms with Crippen molar-refractivity contribution in [2.75, 3.05) is 26.9 Å². The molecule has 0 bridgehead atoms. The van der Waals surface area contributed by atoms with Gasteiger partial charge in [0.05, 0.1) is 25.9 Å². The van der Waals surface area contributed by atoms with Gasteiger partial charge < -0.3 is 24.6 Å². The molecule has 1 amide bonds. The molecule has 0 radical (unpaired) electrons. The topological polar surface area (TPSA) is 94.1 Å². The van der Waals surface area contributed by atoms with E-state index in [0.717, 1.165) is 18.4 Å². The van der Waals surface area contributed by atoms with Crippen molar-refractivity contribution in [2.45, 2.75) is 25.9 Å². The lowest BCUT2D eigenvalue weighted by molar-refractivity contribution is 0.0692. The first-order valence-electron chi connectivity index (χ1n) is 9.64. The smallest absolute Gasteiger partial charge is 0.406 e. The van der Waals surface area contributed by atoms with Gasteiger partial charge in [-0.05, 0) is 47.9 Å². The Morgan fingerprint density at radius 2 is 1.93 bits per heavy atom. The van der Waals surface area contributed by atoms with Crippen LogP contribution in [-0.2, 0) is 9.47 Å². The standard InChI is InChI=1S/C22H26ClNO6/c1-3-4-9-29-19-13-16(11-17(14-19)21(25)26)20(15-6-5-7-18(23)12-15)30-10-8-24-22(27)28-2/h5-7,11-14,20H,3-4,8-10H2,1-2H3,(H,24,27)(H,25,26). The molecule has 0 saturated carbocycles. The minimum Gasteiger partial charge on any atom is -0.494 e. The summed E-state index contributed by atoms with van der Waals surface area (Å²) in [7, 11) is 1.28. The number of aromatic carboxylic acids is 1. The first-order chi connectivity index (χ1) is 14.4. The van der Waals surface area contributed by atoms with E-state index in [4.69, 9.17) is 21.1 Å². The molecule has 2 rings (SSSR count). The predicted molar refractivity (Wildman–Crippen MR) is 113 cm³/mol. The number of alkyl carbamates (subject to hydrolysis) is 1. The Labute approximate surface area is 180 Å². The highest BCUT2D eigenvalue weighted by Crippen LogP contribution is 2.31. The third-order valence-electron chi connectivity index (χ3n) is 4.24. The van der Waals surface area contributed by atoms with E-state index in [-0.39, 0.29) is 18.7 Å². The summed E-state index contributed by atoms with van der Waals surface area (Å²) in [5.41, 5.74) is 1.46. The van der Waals surface area contributed by atoms with Crippen LogP contribution in [0.4, 0.5) is 4.79 Å². The summed E-state index contributed by atoms with van der Waals surface area (Å²) < 4.78 is 16.3. The summed E-state index contributed by atoms with van der Waals surface area (Å²) in [6.07, 6.45) is 0.667. The molecule has 0 heterocycles. The predicted octanol–water partition coefficient (Wildman–Crippen LogP) is 4.68. The molecule has 30 heavy (non-hydrogen) atoms. The Morgan fingerprint density at radius 1 is 1.13 bits per heavy atom. The van der Waals surface area contributed by atoms with E-state index < -0.39 is 18.2 Å². The molecule has 0 saturated heterocycles. The molecule has 1 atom stereocenters. The average molecular weight is 436 g/mol. The second-order valence-electron chi connectivity index (χ2n) is 6.52. The summed E-state index contributed by atoms with van der Waals surface area (Å²) in [4.78, 5) is 22.9. The first-order valence-corrected chi connectivity index (χ1v) is 10.0. The maximum Gasteiger partial charge on any atom is 0.406 e. The van der Waals surface area contributed by atoms with E-state index in [9.17, 15) is 14.7 Å². The number of ether oxygens (including phenoxy) is 3. The number of hydrogen-bond acceptors (Lipinski definition) is 5. The van der Waals surface area contributed by atoms with Gasteiger partial charge in [-0.25, -0.2) is 9.59 Å². The van der Waals surface area contributed by atoms with Gasteiger partial charge in [0.2, 0.25) is 0 Å². The quantitative estimate of drug-likeness (QED) is 0.498. The number of carboxylic acid groups (broad SMARTS) is 1. The zero-order valence-corrected chi connectivity index (χ0v) is 17.8. The molecule has 1 unspecified atom stereocenters. The fraction of sp³-hybridized carbons (Fsp3) is 0.364. The molecule has 2 aromatic carbocycles. The number of carbonyl (C=O) groups excluding carboxylic acids is 1. The highest BCUT2D eigenvalue weighted by molar-refractivity contribution is 6.30. The van der Waals surface area contributed by atoms with Gasteiger partial charge in [-0.3, -0.25) is 0 Å². The number of amides is 1. The van der Waals surface area contributed by atoms with Crippen LogP contribution in [0.2, 0.25) is 5.02 Å². The van der Waals surface area contributed by atoms with Crippen LogP contribution in [0.25, 0.3) is 0 Å². The number of unbranched alkanes of at least 4 members (excludes halogenated alkanes) is 1. The monoisotopic (exact) mass is 435 g/mol. The van der Waals surface area contributed by atoms with Gasteiger partial charge in [0.1, 0.15) is 11.9 Å². The molecule has 0 fully saturated rings. The van der Waals surface area contributed by atoms with Crippen molar-refractivity contribution in [3.05, 3.63) is 64.2 Å². The normalized spacial score (nSPS) is 11.6. The van der Waals surface area contributed by atoms with Gasteiger partial charge in [0, 0.05) is 11.6 Å². The number of methoxy groups -OCH3 is 1. The Bertz CT molecular complexity index is 857. The third-order valence-corrected chi connectivity index (χ3v) is 4.47. The Hall–Kier alpha value is -2.77. The molecule has 0 spiro atoms. The molecular weight excluding hydrogens is 410 g/mol. The summed E-state index contributed by atoms with van der Waals surface area (Å²) in [5.74, 6) is -0.601. The van der Waals surface area contributed by atoms with E-state index >= 15 is 0 Å². The van der Waals surface area contributed by atoms with Crippen LogP contribution in [-0.4, -0.2) is 44.0 Å². The first kappa shape index (κ1) is 23.5. The number of carboxylic acids is 1. The van der Waals surface area contributed by atoms with Crippen molar-refractivity contribution in [1.82, 2.24) is 5.32 Å². The Kier molecular flexibility index (Phi) is 9.44. The number of halogens is 1. The molecule has 8 heteroatoms. The van der Waals surface area contributed by atoms with Crippen molar-refractivity contribution >= 4 is 23.7 Å². The van der Waals surface area contributed by atoms with Crippen LogP contribution in [0.3, 0.4) is 0 Å². The fourth-order valence-corrected chi connectivity index (χ4v) is 2.97. The van der Waals surface area contributed by atoms with Gasteiger partial charge >= 0.3 is 12.1 Å². The number of nitrogens with one attached hydrogen (secondary N) is 1. The summed E-state index contributed by atoms with van der Waals surface area (Å²) in [5, 5.41) is 12.6. The second-order valence-corrected chi connectivity index (χ2v) is 6.96. The molecule has 0 aliphatic rings. The fourth-order valence-electron chi connectivity index (χ4n) is 2.77. The highest BCUT2D eigenvalue weighted by atomic mass is 35.5. The lowest BCUT2D eigenvalue weighted by Gasteiger charge is -2.21. The van der Waals surface area contributed by atoms with Crippen LogP contribution in [0, 0.1) is 0 Å². The number of carbonyl (C=O) groups is 2.